The van der Waals surface area contributed by atoms with Crippen LogP contribution in [0, 0.1) is 13.8 Å². The van der Waals surface area contributed by atoms with Crippen molar-refractivity contribution in [3.05, 3.63) is 29.3 Å². The van der Waals surface area contributed by atoms with Gasteiger partial charge in [-0.05, 0) is 51.3 Å². The summed E-state index contributed by atoms with van der Waals surface area (Å²) in [4.78, 5) is 27.1. The predicted octanol–water partition coefficient (Wildman–Crippen LogP) is 2.08. The van der Waals surface area contributed by atoms with Gasteiger partial charge in [-0.1, -0.05) is 18.2 Å². The number of aryl methyl sites for hydroxylation is 2. The van der Waals surface area contributed by atoms with Crippen LogP contribution in [0.15, 0.2) is 18.2 Å². The average Bonchev–Trinajstić information content (AvgIpc) is 2.79. The van der Waals surface area contributed by atoms with Crippen molar-refractivity contribution >= 4 is 11.9 Å². The Morgan fingerprint density at radius 1 is 1.24 bits per heavy atom. The zero-order valence-corrected chi connectivity index (χ0v) is 15.3. The first-order chi connectivity index (χ1) is 11.9. The van der Waals surface area contributed by atoms with E-state index < -0.39 is 5.97 Å². The summed E-state index contributed by atoms with van der Waals surface area (Å²) in [6, 6.07) is 6.12. The molecule has 0 bridgehead atoms. The van der Waals surface area contributed by atoms with Crippen LogP contribution in [0.4, 0.5) is 0 Å². The van der Waals surface area contributed by atoms with Crippen molar-refractivity contribution in [1.82, 2.24) is 9.80 Å². The van der Waals surface area contributed by atoms with Crippen LogP contribution < -0.4 is 4.74 Å². The molecule has 1 aromatic carbocycles. The highest BCUT2D eigenvalue weighted by Gasteiger charge is 2.24. The van der Waals surface area contributed by atoms with Crippen LogP contribution in [0.1, 0.15) is 30.4 Å². The summed E-state index contributed by atoms with van der Waals surface area (Å²) in [6.07, 6.45) is 2.58. The number of rotatable bonds is 6. The number of hydrogen-bond acceptors (Lipinski definition) is 4. The van der Waals surface area contributed by atoms with Gasteiger partial charge in [-0.15, -0.1) is 0 Å². The number of nitrogens with zero attached hydrogens (tertiary/aromatic N) is 2. The number of hydrogen-bond donors (Lipinski definition) is 1. The number of ether oxygens (including phenoxy) is 1. The second kappa shape index (κ2) is 8.85. The van der Waals surface area contributed by atoms with Crippen molar-refractivity contribution in [2.75, 3.05) is 33.3 Å². The number of para-hydroxylation sites is 1. The van der Waals surface area contributed by atoms with E-state index in [1.54, 1.807) is 0 Å². The summed E-state index contributed by atoms with van der Waals surface area (Å²) in [6.45, 7) is 5.37. The Hall–Kier alpha value is -2.08. The maximum atomic E-state index is 12.5. The molecule has 0 aliphatic carbocycles. The Morgan fingerprint density at radius 3 is 2.56 bits per heavy atom. The van der Waals surface area contributed by atoms with Crippen LogP contribution in [-0.4, -0.2) is 66.1 Å². The summed E-state index contributed by atoms with van der Waals surface area (Å²) in [7, 11) is 1.83. The van der Waals surface area contributed by atoms with E-state index in [4.69, 9.17) is 9.84 Å². The first-order valence-electron chi connectivity index (χ1n) is 8.77. The van der Waals surface area contributed by atoms with Gasteiger partial charge in [0.15, 0.2) is 6.61 Å². The zero-order chi connectivity index (χ0) is 18.4. The van der Waals surface area contributed by atoms with E-state index in [0.29, 0.717) is 13.1 Å². The van der Waals surface area contributed by atoms with Gasteiger partial charge in [-0.3, -0.25) is 14.5 Å². The molecule has 1 unspecified atom stereocenters. The smallest absolute Gasteiger partial charge is 0.317 e. The number of carbonyl (C=O) groups is 2. The van der Waals surface area contributed by atoms with Crippen molar-refractivity contribution in [2.24, 2.45) is 0 Å². The molecule has 1 saturated heterocycles. The van der Waals surface area contributed by atoms with Gasteiger partial charge >= 0.3 is 5.97 Å². The number of aliphatic carboxylic acids is 1. The third-order valence-electron chi connectivity index (χ3n) is 4.81. The fourth-order valence-electron chi connectivity index (χ4n) is 3.36. The monoisotopic (exact) mass is 348 g/mol. The summed E-state index contributed by atoms with van der Waals surface area (Å²) in [5.41, 5.74) is 2.05. The Morgan fingerprint density at radius 2 is 1.92 bits per heavy atom. The number of carboxylic acids is 1. The first-order valence-corrected chi connectivity index (χ1v) is 8.77. The number of carbonyl (C=O) groups excluding carboxylic acids is 1. The van der Waals surface area contributed by atoms with E-state index >= 15 is 0 Å². The van der Waals surface area contributed by atoms with Crippen LogP contribution in [0.25, 0.3) is 0 Å². The van der Waals surface area contributed by atoms with Crippen LogP contribution in [0.2, 0.25) is 0 Å². The SMILES string of the molecule is Cc1cccc(C)c1OCC(=O)N1CCCC(N(C)CC(=O)O)CC1. The van der Waals surface area contributed by atoms with Gasteiger partial charge in [0.1, 0.15) is 5.75 Å². The predicted molar refractivity (Wildman–Crippen MR) is 95.9 cm³/mol. The lowest BCUT2D eigenvalue weighted by molar-refractivity contribution is -0.138. The van der Waals surface area contributed by atoms with Crippen molar-refractivity contribution in [1.29, 1.82) is 0 Å². The minimum atomic E-state index is -0.818. The van der Waals surface area contributed by atoms with Crippen molar-refractivity contribution in [2.45, 2.75) is 39.2 Å². The van der Waals surface area contributed by atoms with Crippen LogP contribution in [-0.2, 0) is 9.59 Å². The zero-order valence-electron chi connectivity index (χ0n) is 15.3. The molecule has 1 aliphatic heterocycles. The number of carboxylic acid groups (broad SMARTS) is 1. The molecule has 1 aliphatic rings. The molecule has 0 radical (unpaired) electrons. The summed E-state index contributed by atoms with van der Waals surface area (Å²) >= 11 is 0. The number of benzene rings is 1. The lowest BCUT2D eigenvalue weighted by Crippen LogP contribution is -2.38. The van der Waals surface area contributed by atoms with Gasteiger partial charge in [0, 0.05) is 19.1 Å². The molecule has 1 N–H and O–H groups in total. The summed E-state index contributed by atoms with van der Waals surface area (Å²) < 4.78 is 5.77. The third kappa shape index (κ3) is 5.46. The van der Waals surface area contributed by atoms with E-state index in [1.165, 1.54) is 0 Å². The molecule has 0 aromatic heterocycles. The highest BCUT2D eigenvalue weighted by atomic mass is 16.5. The highest BCUT2D eigenvalue weighted by molar-refractivity contribution is 5.78. The van der Waals surface area contributed by atoms with Gasteiger partial charge in [0.05, 0.1) is 6.54 Å². The van der Waals surface area contributed by atoms with Gasteiger partial charge in [0.25, 0.3) is 5.91 Å². The molecule has 1 amide bonds. The van der Waals surface area contributed by atoms with Crippen LogP contribution in [0.3, 0.4) is 0 Å². The molecule has 6 nitrogen and oxygen atoms in total. The number of amides is 1. The first kappa shape index (κ1) is 19.2. The van der Waals surface area contributed by atoms with Crippen molar-refractivity contribution in [3.8, 4) is 5.75 Å². The van der Waals surface area contributed by atoms with E-state index in [2.05, 4.69) is 0 Å². The third-order valence-corrected chi connectivity index (χ3v) is 4.81. The van der Waals surface area contributed by atoms with Crippen molar-refractivity contribution < 1.29 is 19.4 Å². The van der Waals surface area contributed by atoms with E-state index in [9.17, 15) is 9.59 Å². The highest BCUT2D eigenvalue weighted by Crippen LogP contribution is 2.22. The fourth-order valence-corrected chi connectivity index (χ4v) is 3.36. The molecule has 6 heteroatoms. The quantitative estimate of drug-likeness (QED) is 0.852. The standard InChI is InChI=1S/C19H28N2O4/c1-14-6-4-7-15(2)19(14)25-13-17(22)21-10-5-8-16(9-11-21)20(3)12-18(23)24/h4,6-7,16H,5,8-13H2,1-3H3,(H,23,24). The summed E-state index contributed by atoms with van der Waals surface area (Å²) in [5.74, 6) is -0.0457. The van der Waals surface area contributed by atoms with Gasteiger partial charge in [0.2, 0.25) is 0 Å². The summed E-state index contributed by atoms with van der Waals surface area (Å²) in [5, 5.41) is 8.93. The Bertz CT molecular complexity index is 597. The average molecular weight is 348 g/mol. The van der Waals surface area contributed by atoms with Crippen LogP contribution in [0.5, 0.6) is 5.75 Å². The molecule has 138 valence electrons. The maximum Gasteiger partial charge on any atom is 0.317 e. The van der Waals surface area contributed by atoms with Crippen molar-refractivity contribution in [3.63, 3.8) is 0 Å². The topological polar surface area (TPSA) is 70.1 Å². The molecular formula is C19H28N2O4. The molecule has 1 heterocycles. The second-order valence-corrected chi connectivity index (χ2v) is 6.78. The molecule has 1 fully saturated rings. The molecule has 0 saturated carbocycles. The Balaban J connectivity index is 1.87. The molecular weight excluding hydrogens is 320 g/mol. The van der Waals surface area contributed by atoms with E-state index in [-0.39, 0.29) is 25.1 Å². The Kier molecular flexibility index (Phi) is 6.82. The molecule has 2 rings (SSSR count). The fraction of sp³-hybridized carbons (Fsp3) is 0.579. The van der Waals surface area contributed by atoms with Gasteiger partial charge in [-0.25, -0.2) is 0 Å². The van der Waals surface area contributed by atoms with E-state index in [1.807, 2.05) is 48.9 Å². The normalized spacial score (nSPS) is 18.1. The largest absolute Gasteiger partial charge is 0.483 e. The minimum Gasteiger partial charge on any atom is -0.483 e. The van der Waals surface area contributed by atoms with Gasteiger partial charge in [-0.2, -0.15) is 0 Å². The maximum absolute atomic E-state index is 12.5. The van der Waals surface area contributed by atoms with Gasteiger partial charge < -0.3 is 14.7 Å². The lowest BCUT2D eigenvalue weighted by Gasteiger charge is -2.25. The minimum absolute atomic E-state index is 0.0100. The Labute approximate surface area is 149 Å². The molecule has 1 aromatic rings. The molecule has 1 atom stereocenters. The molecule has 0 spiro atoms. The van der Waals surface area contributed by atoms with Crippen LogP contribution >= 0.6 is 0 Å². The van der Waals surface area contributed by atoms with E-state index in [0.717, 1.165) is 36.1 Å². The molecule has 25 heavy (non-hydrogen) atoms. The second-order valence-electron chi connectivity index (χ2n) is 6.78. The number of likely N-dealkylation sites (tertiary alicyclic amines) is 1. The number of likely N-dealkylation sites (N-methyl/N-ethyl adjacent to an activating group) is 1. The lowest BCUT2D eigenvalue weighted by atomic mass is 10.1.